The van der Waals surface area contributed by atoms with Crippen LogP contribution in [-0.4, -0.2) is 33.6 Å². The van der Waals surface area contributed by atoms with E-state index in [4.69, 9.17) is 16.3 Å². The van der Waals surface area contributed by atoms with E-state index in [1.807, 2.05) is 0 Å². The van der Waals surface area contributed by atoms with E-state index in [9.17, 15) is 23.7 Å². The van der Waals surface area contributed by atoms with Gasteiger partial charge in [-0.1, -0.05) is 11.6 Å². The lowest BCUT2D eigenvalue weighted by atomic mass is 10.2. The summed E-state index contributed by atoms with van der Waals surface area (Å²) in [4.78, 5) is 22.7. The highest BCUT2D eigenvalue weighted by Crippen LogP contribution is 2.27. The summed E-state index contributed by atoms with van der Waals surface area (Å²) in [6.07, 6.45) is -1.34. The second kappa shape index (κ2) is 8.09. The van der Waals surface area contributed by atoms with Crippen molar-refractivity contribution in [2.75, 3.05) is 11.9 Å². The van der Waals surface area contributed by atoms with Crippen molar-refractivity contribution in [3.63, 3.8) is 0 Å². The van der Waals surface area contributed by atoms with Crippen molar-refractivity contribution < 1.29 is 23.2 Å². The molecule has 0 bridgehead atoms. The van der Waals surface area contributed by atoms with E-state index in [1.54, 1.807) is 13.8 Å². The monoisotopic (exact) mass is 388 g/mol. The molecule has 1 aromatic carbocycles. The van der Waals surface area contributed by atoms with Crippen molar-refractivity contribution in [1.82, 2.24) is 9.78 Å². The summed E-state index contributed by atoms with van der Waals surface area (Å²) in [5.41, 5.74) is 0.212. The van der Waals surface area contributed by atoms with Gasteiger partial charge in [0, 0.05) is 12.1 Å². The number of ether oxygens (including phenoxy) is 1. The van der Waals surface area contributed by atoms with Gasteiger partial charge < -0.3 is 10.1 Å². The SMILES string of the molecule is Cc1c(Cl)cnn1C(C)C(=O)Nc1cc(OCC(F)F)cc([N+](=O)[O-])c1. The number of nitro benzene ring substituents is 1. The Balaban J connectivity index is 2.22. The van der Waals surface area contributed by atoms with Crippen molar-refractivity contribution in [2.45, 2.75) is 26.3 Å². The fraction of sp³-hybridized carbons (Fsp3) is 0.333. The number of non-ortho nitro benzene ring substituents is 1. The molecule has 0 saturated carbocycles. The van der Waals surface area contributed by atoms with Crippen LogP contribution < -0.4 is 10.1 Å². The number of carbonyl (C=O) groups excluding carboxylic acids is 1. The Morgan fingerprint density at radius 2 is 2.15 bits per heavy atom. The van der Waals surface area contributed by atoms with Crippen LogP contribution in [0.1, 0.15) is 18.7 Å². The average Bonchev–Trinajstić information content (AvgIpc) is 2.91. The van der Waals surface area contributed by atoms with Gasteiger partial charge in [-0.3, -0.25) is 19.6 Å². The maximum atomic E-state index is 12.4. The zero-order chi connectivity index (χ0) is 19.4. The number of nitrogens with zero attached hydrogens (tertiary/aromatic N) is 3. The third kappa shape index (κ3) is 4.66. The largest absolute Gasteiger partial charge is 0.487 e. The molecule has 1 heterocycles. The predicted molar refractivity (Wildman–Crippen MR) is 89.9 cm³/mol. The second-order valence-electron chi connectivity index (χ2n) is 5.36. The van der Waals surface area contributed by atoms with Gasteiger partial charge in [0.15, 0.2) is 0 Å². The molecule has 8 nitrogen and oxygen atoms in total. The third-order valence-corrected chi connectivity index (χ3v) is 3.85. The number of nitro groups is 1. The molecule has 0 aliphatic heterocycles. The maximum absolute atomic E-state index is 12.4. The minimum atomic E-state index is -2.74. The molecule has 11 heteroatoms. The van der Waals surface area contributed by atoms with Crippen molar-refractivity contribution in [2.24, 2.45) is 0 Å². The van der Waals surface area contributed by atoms with Gasteiger partial charge in [0.05, 0.1) is 33.6 Å². The maximum Gasteiger partial charge on any atom is 0.275 e. The molecular formula is C15H15ClF2N4O4. The van der Waals surface area contributed by atoms with Gasteiger partial charge in [-0.05, 0) is 13.8 Å². The summed E-state index contributed by atoms with van der Waals surface area (Å²) in [6, 6.07) is 2.57. The zero-order valence-corrected chi connectivity index (χ0v) is 14.5. The number of hydrogen-bond donors (Lipinski definition) is 1. The second-order valence-corrected chi connectivity index (χ2v) is 5.77. The van der Waals surface area contributed by atoms with Crippen molar-refractivity contribution >= 4 is 28.9 Å². The van der Waals surface area contributed by atoms with E-state index < -0.39 is 35.6 Å². The number of aromatic nitrogens is 2. The molecule has 140 valence electrons. The molecule has 1 unspecified atom stereocenters. The first-order chi connectivity index (χ1) is 12.2. The summed E-state index contributed by atoms with van der Waals surface area (Å²) < 4.78 is 30.7. The number of alkyl halides is 2. The standard InChI is InChI=1S/C15H15ClF2N4O4/c1-8-13(16)6-19-21(8)9(2)15(23)20-10-3-11(22(24)25)5-12(4-10)26-7-14(17)18/h3-6,9,14H,7H2,1-2H3,(H,20,23). The van der Waals surface area contributed by atoms with Gasteiger partial charge in [-0.2, -0.15) is 5.10 Å². The summed E-state index contributed by atoms with van der Waals surface area (Å²) >= 11 is 5.91. The molecule has 2 aromatic rings. The van der Waals surface area contributed by atoms with Gasteiger partial charge in [0.25, 0.3) is 12.1 Å². The molecule has 0 aliphatic carbocycles. The predicted octanol–water partition coefficient (Wildman–Crippen LogP) is 3.60. The van der Waals surface area contributed by atoms with E-state index in [2.05, 4.69) is 10.4 Å². The number of anilines is 1. The Morgan fingerprint density at radius 3 is 2.69 bits per heavy atom. The molecule has 0 spiro atoms. The van der Waals surface area contributed by atoms with Crippen molar-refractivity contribution in [1.29, 1.82) is 0 Å². The van der Waals surface area contributed by atoms with Crippen LogP contribution in [0, 0.1) is 17.0 Å². The molecule has 2 rings (SSSR count). The molecule has 0 saturated heterocycles. The number of carbonyl (C=O) groups is 1. The Labute approximate surface area is 151 Å². The lowest BCUT2D eigenvalue weighted by Crippen LogP contribution is -2.25. The van der Waals surface area contributed by atoms with E-state index in [1.165, 1.54) is 16.9 Å². The first kappa shape index (κ1) is 19.6. The summed E-state index contributed by atoms with van der Waals surface area (Å²) in [5, 5.41) is 17.9. The molecule has 0 radical (unpaired) electrons. The highest BCUT2D eigenvalue weighted by molar-refractivity contribution is 6.31. The fourth-order valence-electron chi connectivity index (χ4n) is 2.15. The lowest BCUT2D eigenvalue weighted by Gasteiger charge is -2.15. The number of nitrogens with one attached hydrogen (secondary N) is 1. The van der Waals surface area contributed by atoms with Gasteiger partial charge in [0.1, 0.15) is 18.4 Å². The van der Waals surface area contributed by atoms with E-state index >= 15 is 0 Å². The Bertz CT molecular complexity index is 828. The summed E-state index contributed by atoms with van der Waals surface area (Å²) in [6.45, 7) is 2.33. The highest BCUT2D eigenvalue weighted by atomic mass is 35.5. The van der Waals surface area contributed by atoms with Crippen LogP contribution in [0.2, 0.25) is 5.02 Å². The van der Waals surface area contributed by atoms with Crippen LogP contribution in [-0.2, 0) is 4.79 Å². The molecule has 26 heavy (non-hydrogen) atoms. The molecule has 1 N–H and O–H groups in total. The number of hydrogen-bond acceptors (Lipinski definition) is 5. The quantitative estimate of drug-likeness (QED) is 0.577. The Morgan fingerprint density at radius 1 is 1.46 bits per heavy atom. The van der Waals surface area contributed by atoms with Gasteiger partial charge in [-0.25, -0.2) is 8.78 Å². The minimum Gasteiger partial charge on any atom is -0.487 e. The van der Waals surface area contributed by atoms with Crippen LogP contribution >= 0.6 is 11.6 Å². The van der Waals surface area contributed by atoms with Gasteiger partial charge in [0.2, 0.25) is 5.91 Å². The van der Waals surface area contributed by atoms with Gasteiger partial charge in [-0.15, -0.1) is 0 Å². The molecule has 1 atom stereocenters. The van der Waals surface area contributed by atoms with Crippen LogP contribution in [0.5, 0.6) is 5.75 Å². The third-order valence-electron chi connectivity index (χ3n) is 3.48. The Hall–Kier alpha value is -2.75. The number of halogens is 3. The first-order valence-electron chi connectivity index (χ1n) is 7.40. The number of benzene rings is 1. The Kier molecular flexibility index (Phi) is 6.09. The molecule has 1 amide bonds. The van der Waals surface area contributed by atoms with E-state index in [-0.39, 0.29) is 11.4 Å². The van der Waals surface area contributed by atoms with Crippen molar-refractivity contribution in [3.05, 3.63) is 45.2 Å². The average molecular weight is 389 g/mol. The normalized spacial score (nSPS) is 12.1. The van der Waals surface area contributed by atoms with E-state index in [0.717, 1.165) is 12.1 Å². The first-order valence-corrected chi connectivity index (χ1v) is 7.77. The molecule has 0 fully saturated rings. The number of amides is 1. The lowest BCUT2D eigenvalue weighted by molar-refractivity contribution is -0.384. The van der Waals surface area contributed by atoms with Crippen LogP contribution in [0.25, 0.3) is 0 Å². The molecule has 0 aliphatic rings. The fourth-order valence-corrected chi connectivity index (χ4v) is 2.28. The summed E-state index contributed by atoms with van der Waals surface area (Å²) in [5.74, 6) is -0.672. The van der Waals surface area contributed by atoms with Crippen LogP contribution in [0.3, 0.4) is 0 Å². The van der Waals surface area contributed by atoms with Crippen LogP contribution in [0.4, 0.5) is 20.2 Å². The smallest absolute Gasteiger partial charge is 0.275 e. The van der Waals surface area contributed by atoms with E-state index in [0.29, 0.717) is 10.7 Å². The van der Waals surface area contributed by atoms with Gasteiger partial charge >= 0.3 is 0 Å². The zero-order valence-electron chi connectivity index (χ0n) is 13.8. The van der Waals surface area contributed by atoms with Crippen molar-refractivity contribution in [3.8, 4) is 5.75 Å². The molecule has 1 aromatic heterocycles. The summed E-state index contributed by atoms with van der Waals surface area (Å²) in [7, 11) is 0. The number of rotatable bonds is 7. The minimum absolute atomic E-state index is 0.0382. The highest BCUT2D eigenvalue weighted by Gasteiger charge is 2.20. The molecular weight excluding hydrogens is 374 g/mol. The van der Waals surface area contributed by atoms with Crippen LogP contribution in [0.15, 0.2) is 24.4 Å². The topological polar surface area (TPSA) is 99.3 Å².